The van der Waals surface area contributed by atoms with Crippen LogP contribution in [0, 0.1) is 17.2 Å². The highest BCUT2D eigenvalue weighted by molar-refractivity contribution is 6.01. The van der Waals surface area contributed by atoms with Crippen molar-refractivity contribution in [3.05, 3.63) is 89.5 Å². The third kappa shape index (κ3) is 4.39. The Morgan fingerprint density at radius 2 is 1.67 bits per heavy atom. The number of carbonyl (C=O) groups excluding carboxylic acids is 2. The first-order valence-electron chi connectivity index (χ1n) is 9.92. The first kappa shape index (κ1) is 19.4. The fourth-order valence-corrected chi connectivity index (χ4v) is 3.36. The maximum atomic E-state index is 12.9. The first-order valence-corrected chi connectivity index (χ1v) is 9.92. The van der Waals surface area contributed by atoms with Crippen molar-refractivity contribution in [2.45, 2.75) is 19.4 Å². The summed E-state index contributed by atoms with van der Waals surface area (Å²) in [6, 6.07) is 24.2. The Kier molecular flexibility index (Phi) is 5.58. The molecule has 0 atom stereocenters. The molecule has 2 N–H and O–H groups in total. The highest BCUT2D eigenvalue weighted by atomic mass is 16.2. The summed E-state index contributed by atoms with van der Waals surface area (Å²) in [5, 5.41) is 15.3. The van der Waals surface area contributed by atoms with Crippen LogP contribution in [0.4, 0.5) is 5.69 Å². The quantitative estimate of drug-likeness (QED) is 0.644. The molecule has 30 heavy (non-hydrogen) atoms. The summed E-state index contributed by atoms with van der Waals surface area (Å²) in [5.41, 5.74) is 4.12. The summed E-state index contributed by atoms with van der Waals surface area (Å²) >= 11 is 0. The average Bonchev–Trinajstić information content (AvgIpc) is 3.63. The number of amides is 2. The lowest BCUT2D eigenvalue weighted by molar-refractivity contribution is -0.117. The van der Waals surface area contributed by atoms with E-state index in [-0.39, 0.29) is 17.7 Å². The van der Waals surface area contributed by atoms with Crippen molar-refractivity contribution < 1.29 is 9.59 Å². The van der Waals surface area contributed by atoms with Crippen molar-refractivity contribution in [3.63, 3.8) is 0 Å². The lowest BCUT2D eigenvalue weighted by Gasteiger charge is -2.12. The Labute approximate surface area is 175 Å². The molecule has 4 rings (SSSR count). The number of nitriles is 1. The second kappa shape index (κ2) is 8.62. The Hall–Kier alpha value is -3.91. The summed E-state index contributed by atoms with van der Waals surface area (Å²) in [5.74, 6) is -0.0202. The Bertz CT molecular complexity index is 1140. The van der Waals surface area contributed by atoms with E-state index < -0.39 is 0 Å². The lowest BCUT2D eigenvalue weighted by atomic mass is 9.95. The van der Waals surface area contributed by atoms with E-state index in [1.54, 1.807) is 24.3 Å². The van der Waals surface area contributed by atoms with Crippen LogP contribution in [0.2, 0.25) is 0 Å². The molecule has 3 aromatic carbocycles. The molecule has 148 valence electrons. The Morgan fingerprint density at radius 3 is 2.43 bits per heavy atom. The van der Waals surface area contributed by atoms with Gasteiger partial charge in [0.2, 0.25) is 5.91 Å². The van der Waals surface area contributed by atoms with Crippen molar-refractivity contribution >= 4 is 17.5 Å². The highest BCUT2D eigenvalue weighted by Gasteiger charge is 2.29. The van der Waals surface area contributed by atoms with Gasteiger partial charge in [-0.2, -0.15) is 5.26 Å². The summed E-state index contributed by atoms with van der Waals surface area (Å²) in [6.07, 6.45) is 1.91. The molecule has 1 saturated carbocycles. The molecule has 5 heteroatoms. The number of anilines is 1. The number of nitrogens with zero attached hydrogens (tertiary/aromatic N) is 1. The summed E-state index contributed by atoms with van der Waals surface area (Å²) in [6.45, 7) is 0.334. The van der Waals surface area contributed by atoms with E-state index in [1.165, 1.54) is 0 Å². The standard InChI is InChI=1S/C25H21N3O2/c26-15-19-7-1-2-9-21(19)22-10-3-4-11-23(22)25(30)27-16-17-6-5-8-20(14-17)28-24(29)18-12-13-18/h1-11,14,18H,12-13,16H2,(H,27,30)(H,28,29). The third-order valence-corrected chi connectivity index (χ3v) is 5.11. The number of nitrogens with one attached hydrogen (secondary N) is 2. The summed E-state index contributed by atoms with van der Waals surface area (Å²) in [4.78, 5) is 24.9. The van der Waals surface area contributed by atoms with Gasteiger partial charge < -0.3 is 10.6 Å². The van der Waals surface area contributed by atoms with Gasteiger partial charge in [-0.3, -0.25) is 9.59 Å². The zero-order valence-corrected chi connectivity index (χ0v) is 16.4. The molecule has 0 aromatic heterocycles. The Morgan fingerprint density at radius 1 is 0.933 bits per heavy atom. The largest absolute Gasteiger partial charge is 0.348 e. The second-order valence-electron chi connectivity index (χ2n) is 7.35. The van der Waals surface area contributed by atoms with Gasteiger partial charge in [0, 0.05) is 29.3 Å². The molecule has 1 aliphatic rings. The Balaban J connectivity index is 1.49. The van der Waals surface area contributed by atoms with Gasteiger partial charge in [-0.05, 0) is 48.2 Å². The van der Waals surface area contributed by atoms with E-state index >= 15 is 0 Å². The van der Waals surface area contributed by atoms with E-state index in [0.29, 0.717) is 17.7 Å². The van der Waals surface area contributed by atoms with Gasteiger partial charge >= 0.3 is 0 Å². The van der Waals surface area contributed by atoms with Gasteiger partial charge in [0.05, 0.1) is 11.6 Å². The van der Waals surface area contributed by atoms with Crippen LogP contribution >= 0.6 is 0 Å². The number of rotatable bonds is 6. The molecule has 2 amide bonds. The van der Waals surface area contributed by atoms with Gasteiger partial charge in [0.25, 0.3) is 5.91 Å². The zero-order valence-electron chi connectivity index (χ0n) is 16.4. The van der Waals surface area contributed by atoms with Crippen LogP contribution in [0.1, 0.15) is 34.3 Å². The molecule has 0 radical (unpaired) electrons. The monoisotopic (exact) mass is 395 g/mol. The first-order chi connectivity index (χ1) is 14.7. The average molecular weight is 395 g/mol. The zero-order chi connectivity index (χ0) is 20.9. The molecule has 1 aliphatic carbocycles. The topological polar surface area (TPSA) is 82.0 Å². The minimum atomic E-state index is -0.217. The van der Waals surface area contributed by atoms with E-state index in [2.05, 4.69) is 16.7 Å². The van der Waals surface area contributed by atoms with Gasteiger partial charge in [0.15, 0.2) is 0 Å². The van der Waals surface area contributed by atoms with Gasteiger partial charge in [-0.1, -0.05) is 48.5 Å². The fraction of sp³-hybridized carbons (Fsp3) is 0.160. The van der Waals surface area contributed by atoms with Crippen LogP contribution in [0.25, 0.3) is 11.1 Å². The van der Waals surface area contributed by atoms with Gasteiger partial charge in [0.1, 0.15) is 0 Å². The van der Waals surface area contributed by atoms with Crippen LogP contribution in [0.15, 0.2) is 72.8 Å². The maximum Gasteiger partial charge on any atom is 0.252 e. The van der Waals surface area contributed by atoms with Crippen molar-refractivity contribution in [3.8, 4) is 17.2 Å². The lowest BCUT2D eigenvalue weighted by Crippen LogP contribution is -2.23. The second-order valence-corrected chi connectivity index (χ2v) is 7.35. The van der Waals surface area contributed by atoms with Crippen LogP contribution in [0.5, 0.6) is 0 Å². The number of carbonyl (C=O) groups is 2. The maximum absolute atomic E-state index is 12.9. The summed E-state index contributed by atoms with van der Waals surface area (Å²) < 4.78 is 0. The van der Waals surface area contributed by atoms with Crippen LogP contribution in [0.3, 0.4) is 0 Å². The molecule has 0 heterocycles. The number of hydrogen-bond donors (Lipinski definition) is 2. The van der Waals surface area contributed by atoms with Crippen molar-refractivity contribution in [2.75, 3.05) is 5.32 Å². The normalized spacial score (nSPS) is 12.6. The van der Waals surface area contributed by atoms with Crippen molar-refractivity contribution in [1.82, 2.24) is 5.32 Å². The molecule has 3 aromatic rings. The van der Waals surface area contributed by atoms with Gasteiger partial charge in [-0.25, -0.2) is 0 Å². The molecule has 0 spiro atoms. The molecule has 0 saturated heterocycles. The smallest absolute Gasteiger partial charge is 0.252 e. The molecular formula is C25H21N3O2. The third-order valence-electron chi connectivity index (χ3n) is 5.11. The molecular weight excluding hydrogens is 374 g/mol. The van der Waals surface area contributed by atoms with Crippen LogP contribution < -0.4 is 10.6 Å². The van der Waals surface area contributed by atoms with E-state index in [1.807, 2.05) is 48.5 Å². The fourth-order valence-electron chi connectivity index (χ4n) is 3.36. The molecule has 5 nitrogen and oxygen atoms in total. The minimum absolute atomic E-state index is 0.0567. The molecule has 0 unspecified atom stereocenters. The molecule has 1 fully saturated rings. The molecule has 0 bridgehead atoms. The number of benzene rings is 3. The SMILES string of the molecule is N#Cc1ccccc1-c1ccccc1C(=O)NCc1cccc(NC(=O)C2CC2)c1. The van der Waals surface area contributed by atoms with Crippen molar-refractivity contribution in [2.24, 2.45) is 5.92 Å². The van der Waals surface area contributed by atoms with E-state index in [0.717, 1.165) is 35.2 Å². The van der Waals surface area contributed by atoms with Crippen LogP contribution in [-0.4, -0.2) is 11.8 Å². The highest BCUT2D eigenvalue weighted by Crippen LogP contribution is 2.30. The number of hydrogen-bond acceptors (Lipinski definition) is 3. The molecule has 0 aliphatic heterocycles. The van der Waals surface area contributed by atoms with Gasteiger partial charge in [-0.15, -0.1) is 0 Å². The van der Waals surface area contributed by atoms with Crippen LogP contribution in [-0.2, 0) is 11.3 Å². The predicted molar refractivity (Wildman–Crippen MR) is 116 cm³/mol. The predicted octanol–water partition coefficient (Wildman–Crippen LogP) is 4.50. The minimum Gasteiger partial charge on any atom is -0.348 e. The van der Waals surface area contributed by atoms with E-state index in [4.69, 9.17) is 0 Å². The van der Waals surface area contributed by atoms with Crippen molar-refractivity contribution in [1.29, 1.82) is 5.26 Å². The van der Waals surface area contributed by atoms with E-state index in [9.17, 15) is 14.9 Å². The summed E-state index contributed by atoms with van der Waals surface area (Å²) in [7, 11) is 0.